The molecule has 0 amide bonds. The summed E-state index contributed by atoms with van der Waals surface area (Å²) in [5, 5.41) is 1.98. The van der Waals surface area contributed by atoms with Crippen LogP contribution in [0.15, 0.2) is 70.3 Å². The van der Waals surface area contributed by atoms with Crippen molar-refractivity contribution < 1.29 is 13.4 Å². The highest BCUT2D eigenvalue weighted by Gasteiger charge is 2.53. The lowest BCUT2D eigenvalue weighted by Crippen LogP contribution is -2.30. The predicted molar refractivity (Wildman–Crippen MR) is 146 cm³/mol. The monoisotopic (exact) mass is 480 g/mol. The summed E-state index contributed by atoms with van der Waals surface area (Å²) in [6, 6.07) is 13.9. The van der Waals surface area contributed by atoms with E-state index in [1.807, 2.05) is 31.4 Å². The molecule has 0 unspecified atom stereocenters. The molecule has 184 valence electrons. The molecule has 36 heavy (non-hydrogen) atoms. The van der Waals surface area contributed by atoms with Crippen molar-refractivity contribution in [1.82, 2.24) is 0 Å². The number of halogens is 1. The summed E-state index contributed by atoms with van der Waals surface area (Å²) in [5.41, 5.74) is 8.97. The zero-order valence-electron chi connectivity index (χ0n) is 22.6. The Kier molecular flexibility index (Phi) is 4.63. The first-order valence-electron chi connectivity index (χ1n) is 12.9. The summed E-state index contributed by atoms with van der Waals surface area (Å²) in [6.45, 7) is 15.9. The van der Waals surface area contributed by atoms with E-state index in [0.717, 1.165) is 45.2 Å². The van der Waals surface area contributed by atoms with Gasteiger partial charge in [0.15, 0.2) is 6.20 Å². The second kappa shape index (κ2) is 7.18. The molecule has 0 atom stereocenters. The first-order valence-corrected chi connectivity index (χ1v) is 12.9. The van der Waals surface area contributed by atoms with Crippen molar-refractivity contribution in [3.05, 3.63) is 82.8 Å². The zero-order chi connectivity index (χ0) is 25.8. The van der Waals surface area contributed by atoms with Crippen LogP contribution in [0, 0.1) is 29.0 Å². The fourth-order valence-electron chi connectivity index (χ4n) is 7.68. The summed E-state index contributed by atoms with van der Waals surface area (Å²) in [5.74, 6) is -0.221. The second-order valence-corrected chi connectivity index (χ2v) is 12.7. The third-order valence-electron chi connectivity index (χ3n) is 8.45. The average molecular weight is 481 g/mol. The highest BCUT2D eigenvalue weighted by Crippen LogP contribution is 2.65. The molecule has 0 spiro atoms. The van der Waals surface area contributed by atoms with E-state index in [1.165, 1.54) is 11.1 Å². The molecule has 0 fully saturated rings. The smallest absolute Gasteiger partial charge is 0.216 e. The van der Waals surface area contributed by atoms with Gasteiger partial charge in [-0.2, -0.15) is 0 Å². The summed E-state index contributed by atoms with van der Waals surface area (Å²) in [6.07, 6.45) is 5.39. The van der Waals surface area contributed by atoms with Gasteiger partial charge in [0.2, 0.25) is 5.69 Å². The first-order chi connectivity index (χ1) is 16.8. The van der Waals surface area contributed by atoms with Gasteiger partial charge in [0, 0.05) is 28.3 Å². The van der Waals surface area contributed by atoms with E-state index in [-0.39, 0.29) is 22.1 Å². The van der Waals surface area contributed by atoms with E-state index in [0.29, 0.717) is 11.1 Å². The minimum Gasteiger partial charge on any atom is -0.454 e. The van der Waals surface area contributed by atoms with Crippen LogP contribution in [-0.2, 0) is 7.05 Å². The van der Waals surface area contributed by atoms with Crippen molar-refractivity contribution in [2.24, 2.45) is 23.3 Å². The molecule has 2 aliphatic rings. The van der Waals surface area contributed by atoms with Gasteiger partial charge in [-0.15, -0.1) is 0 Å². The van der Waals surface area contributed by atoms with Crippen molar-refractivity contribution >= 4 is 27.5 Å². The Morgan fingerprint density at radius 3 is 2.19 bits per heavy atom. The Morgan fingerprint density at radius 1 is 0.833 bits per heavy atom. The fraction of sp³-hybridized carbons (Fsp3) is 0.364. The van der Waals surface area contributed by atoms with E-state index in [1.54, 1.807) is 6.07 Å². The fourth-order valence-corrected chi connectivity index (χ4v) is 7.68. The number of aryl methyl sites for hydroxylation is 2. The zero-order valence-corrected chi connectivity index (χ0v) is 22.6. The lowest BCUT2D eigenvalue weighted by atomic mass is 9.71. The molecule has 0 saturated heterocycles. The summed E-state index contributed by atoms with van der Waals surface area (Å²) < 4.78 is 24.7. The van der Waals surface area contributed by atoms with Crippen molar-refractivity contribution in [3.63, 3.8) is 0 Å². The lowest BCUT2D eigenvalue weighted by molar-refractivity contribution is -0.660. The first kappa shape index (κ1) is 23.2. The number of fused-ring (bicyclic) bond motifs is 3. The van der Waals surface area contributed by atoms with Crippen LogP contribution < -0.4 is 4.57 Å². The van der Waals surface area contributed by atoms with Gasteiger partial charge in [-0.1, -0.05) is 65.3 Å². The largest absolute Gasteiger partial charge is 0.454 e. The Morgan fingerprint density at radius 2 is 1.50 bits per heavy atom. The van der Waals surface area contributed by atoms with Gasteiger partial charge in [-0.05, 0) is 59.1 Å². The van der Waals surface area contributed by atoms with Gasteiger partial charge in [0.05, 0.1) is 11.1 Å². The van der Waals surface area contributed by atoms with Crippen molar-refractivity contribution in [2.45, 2.75) is 54.9 Å². The average Bonchev–Trinajstić information content (AvgIpc) is 3.35. The van der Waals surface area contributed by atoms with Crippen molar-refractivity contribution in [3.8, 4) is 11.3 Å². The van der Waals surface area contributed by atoms with Crippen LogP contribution in [0.4, 0.5) is 4.39 Å². The maximum absolute atomic E-state index is 15.9. The molecule has 2 aromatic heterocycles. The third-order valence-corrected chi connectivity index (χ3v) is 8.45. The third kappa shape index (κ3) is 3.04. The predicted octanol–water partition coefficient (Wildman–Crippen LogP) is 8.70. The molecule has 2 aliphatic carbocycles. The number of hydrogen-bond acceptors (Lipinski definition) is 1. The highest BCUT2D eigenvalue weighted by molar-refractivity contribution is 6.13. The molecule has 0 radical (unpaired) electrons. The van der Waals surface area contributed by atoms with Crippen LogP contribution in [-0.4, -0.2) is 0 Å². The minimum absolute atomic E-state index is 0.0431. The van der Waals surface area contributed by atoms with E-state index in [9.17, 15) is 0 Å². The molecule has 6 rings (SSSR count). The number of furan rings is 1. The molecule has 2 nitrogen and oxygen atoms in total. The number of allylic oxidation sites excluding steroid dienone is 4. The minimum atomic E-state index is -0.221. The van der Waals surface area contributed by atoms with Crippen LogP contribution in [0.3, 0.4) is 0 Å². The van der Waals surface area contributed by atoms with Crippen LogP contribution in [0.1, 0.15) is 59.1 Å². The lowest BCUT2D eigenvalue weighted by Gasteiger charge is -2.33. The normalized spacial score (nSPS) is 19.9. The molecule has 0 bridgehead atoms. The van der Waals surface area contributed by atoms with Crippen LogP contribution in [0.2, 0.25) is 0 Å². The van der Waals surface area contributed by atoms with Gasteiger partial charge in [-0.25, -0.2) is 8.96 Å². The number of pyridine rings is 1. The molecule has 2 heterocycles. The molecular weight excluding hydrogens is 445 g/mol. The van der Waals surface area contributed by atoms with Gasteiger partial charge >= 0.3 is 0 Å². The SMILES string of the molecule is Cc1ccc2c(oc3c(C4=CC(C)(C)C5=C4C(C)(C)CC5(C)C)c(F)ccc32)c1-c1cccc[n+]1C. The van der Waals surface area contributed by atoms with Crippen molar-refractivity contribution in [1.29, 1.82) is 0 Å². The molecular formula is C33H35FNO+. The molecule has 0 N–H and O–H groups in total. The summed E-state index contributed by atoms with van der Waals surface area (Å²) in [4.78, 5) is 0. The maximum atomic E-state index is 15.9. The molecule has 4 aromatic rings. The molecule has 3 heteroatoms. The van der Waals surface area contributed by atoms with E-state index in [2.05, 4.69) is 77.3 Å². The van der Waals surface area contributed by atoms with Crippen LogP contribution in [0.5, 0.6) is 0 Å². The molecule has 2 aromatic carbocycles. The molecule has 0 aliphatic heterocycles. The van der Waals surface area contributed by atoms with Crippen LogP contribution in [0.25, 0.3) is 38.8 Å². The summed E-state index contributed by atoms with van der Waals surface area (Å²) >= 11 is 0. The summed E-state index contributed by atoms with van der Waals surface area (Å²) in [7, 11) is 2.05. The maximum Gasteiger partial charge on any atom is 0.216 e. The Balaban J connectivity index is 1.70. The standard InChI is InChI=1S/C33H35FNO/c1-19-12-13-20-21-14-15-23(34)26(29(21)36-28(20)25(19)24-11-9-10-16-35(24)8)22-17-31(2,3)30-27(22)32(4,5)18-33(30,6)7/h9-17H,18H2,1-8H3/q+1. The number of benzene rings is 2. The van der Waals surface area contributed by atoms with Gasteiger partial charge in [0.25, 0.3) is 0 Å². The molecule has 0 saturated carbocycles. The number of aromatic nitrogens is 1. The van der Waals surface area contributed by atoms with Crippen molar-refractivity contribution in [2.75, 3.05) is 0 Å². The number of hydrogen-bond donors (Lipinski definition) is 0. The van der Waals surface area contributed by atoms with E-state index >= 15 is 4.39 Å². The second-order valence-electron chi connectivity index (χ2n) is 12.7. The van der Waals surface area contributed by atoms with Gasteiger partial charge in [0.1, 0.15) is 24.0 Å². The van der Waals surface area contributed by atoms with E-state index in [4.69, 9.17) is 4.42 Å². The quantitative estimate of drug-likeness (QED) is 0.262. The Bertz CT molecular complexity index is 1660. The number of rotatable bonds is 2. The van der Waals surface area contributed by atoms with Crippen LogP contribution >= 0.6 is 0 Å². The Labute approximate surface area is 213 Å². The number of nitrogens with zero attached hydrogens (tertiary/aromatic N) is 1. The van der Waals surface area contributed by atoms with Gasteiger partial charge in [-0.3, -0.25) is 0 Å². The Hall–Kier alpha value is -3.20. The highest BCUT2D eigenvalue weighted by atomic mass is 19.1. The topological polar surface area (TPSA) is 17.0 Å². The van der Waals surface area contributed by atoms with E-state index < -0.39 is 0 Å². The van der Waals surface area contributed by atoms with Gasteiger partial charge < -0.3 is 4.42 Å².